The maximum atomic E-state index is 11.8. The molecule has 0 radical (unpaired) electrons. The van der Waals surface area contributed by atoms with Crippen molar-refractivity contribution in [2.24, 2.45) is 5.92 Å². The van der Waals surface area contributed by atoms with Crippen LogP contribution in [0.15, 0.2) is 12.7 Å². The van der Waals surface area contributed by atoms with Crippen molar-refractivity contribution in [2.75, 3.05) is 6.54 Å². The van der Waals surface area contributed by atoms with Gasteiger partial charge >= 0.3 is 0 Å². The zero-order valence-electron chi connectivity index (χ0n) is 8.62. The first kappa shape index (κ1) is 11.2. The van der Waals surface area contributed by atoms with Crippen molar-refractivity contribution in [2.45, 2.75) is 26.3 Å². The molecular weight excluding hydrogens is 196 g/mol. The van der Waals surface area contributed by atoms with Gasteiger partial charge in [-0.25, -0.2) is 0 Å². The molecule has 14 heavy (non-hydrogen) atoms. The third-order valence-electron chi connectivity index (χ3n) is 2.58. The Morgan fingerprint density at radius 3 is 2.93 bits per heavy atom. The van der Waals surface area contributed by atoms with Crippen molar-refractivity contribution in [3.8, 4) is 0 Å². The lowest BCUT2D eigenvalue weighted by Gasteiger charge is -2.15. The summed E-state index contributed by atoms with van der Waals surface area (Å²) >= 11 is 5.07. The lowest BCUT2D eigenvalue weighted by molar-refractivity contribution is -0.127. The Labute approximate surface area is 90.2 Å². The molecule has 0 aromatic heterocycles. The fraction of sp³-hybridized carbons (Fsp3) is 0.600. The lowest BCUT2D eigenvalue weighted by atomic mass is 9.99. The zero-order valence-corrected chi connectivity index (χ0v) is 9.43. The molecule has 0 aliphatic carbocycles. The molecule has 1 rings (SSSR count). The van der Waals surface area contributed by atoms with Gasteiger partial charge in [0.1, 0.15) is 6.04 Å². The van der Waals surface area contributed by atoms with Crippen molar-refractivity contribution in [1.82, 2.24) is 10.2 Å². The van der Waals surface area contributed by atoms with Gasteiger partial charge < -0.3 is 5.32 Å². The van der Waals surface area contributed by atoms with Crippen LogP contribution in [0.2, 0.25) is 0 Å². The Morgan fingerprint density at radius 2 is 2.43 bits per heavy atom. The number of carbonyl (C=O) groups excluding carboxylic acids is 1. The minimum atomic E-state index is -0.146. The van der Waals surface area contributed by atoms with E-state index in [9.17, 15) is 4.79 Å². The van der Waals surface area contributed by atoms with Gasteiger partial charge in [0.2, 0.25) is 0 Å². The van der Waals surface area contributed by atoms with Crippen LogP contribution in [-0.4, -0.2) is 28.5 Å². The second kappa shape index (κ2) is 4.55. The minimum Gasteiger partial charge on any atom is -0.350 e. The highest BCUT2D eigenvalue weighted by Gasteiger charge is 2.37. The number of hydrogen-bond acceptors (Lipinski definition) is 2. The van der Waals surface area contributed by atoms with Gasteiger partial charge in [-0.1, -0.05) is 26.3 Å². The number of carbonyl (C=O) groups is 1. The maximum Gasteiger partial charge on any atom is 0.251 e. The number of hydrogen-bond donors (Lipinski definition) is 1. The van der Waals surface area contributed by atoms with Gasteiger partial charge in [0.15, 0.2) is 5.11 Å². The average Bonchev–Trinajstić information content (AvgIpc) is 2.45. The van der Waals surface area contributed by atoms with E-state index in [1.165, 1.54) is 0 Å². The molecule has 1 N–H and O–H groups in total. The Bertz CT molecular complexity index is 265. The average molecular weight is 212 g/mol. The standard InChI is InChI=1S/C10H16N2OS/c1-4-6-12-9(13)8(7(3)5-2)11-10(12)14/h4,7-8H,1,5-6H2,2-3H3,(H,11,14)/t7-,8+/m1/s1. The topological polar surface area (TPSA) is 32.3 Å². The van der Waals surface area contributed by atoms with Crippen LogP contribution in [0.25, 0.3) is 0 Å². The molecule has 0 unspecified atom stereocenters. The van der Waals surface area contributed by atoms with E-state index in [1.807, 2.05) is 0 Å². The van der Waals surface area contributed by atoms with E-state index >= 15 is 0 Å². The number of rotatable bonds is 4. The van der Waals surface area contributed by atoms with Gasteiger partial charge in [-0.15, -0.1) is 6.58 Å². The largest absolute Gasteiger partial charge is 0.350 e. The van der Waals surface area contributed by atoms with Gasteiger partial charge in [0.05, 0.1) is 0 Å². The fourth-order valence-corrected chi connectivity index (χ4v) is 1.76. The minimum absolute atomic E-state index is 0.0734. The van der Waals surface area contributed by atoms with E-state index in [2.05, 4.69) is 25.7 Å². The van der Waals surface area contributed by atoms with Crippen molar-refractivity contribution < 1.29 is 4.79 Å². The van der Waals surface area contributed by atoms with Gasteiger partial charge in [0.25, 0.3) is 5.91 Å². The van der Waals surface area contributed by atoms with Crippen molar-refractivity contribution >= 4 is 23.2 Å². The number of thiocarbonyl (C=S) groups is 1. The molecule has 4 heteroatoms. The third-order valence-corrected chi connectivity index (χ3v) is 2.92. The monoisotopic (exact) mass is 212 g/mol. The van der Waals surface area contributed by atoms with Crippen LogP contribution in [0.4, 0.5) is 0 Å². The number of nitrogens with zero attached hydrogens (tertiary/aromatic N) is 1. The molecule has 0 aromatic rings. The van der Waals surface area contributed by atoms with Crippen molar-refractivity contribution in [3.63, 3.8) is 0 Å². The molecule has 78 valence electrons. The molecule has 0 aromatic carbocycles. The summed E-state index contributed by atoms with van der Waals surface area (Å²) in [5.74, 6) is 0.388. The summed E-state index contributed by atoms with van der Waals surface area (Å²) in [5.41, 5.74) is 0. The van der Waals surface area contributed by atoms with Crippen LogP contribution in [0.3, 0.4) is 0 Å². The third kappa shape index (κ3) is 1.95. The van der Waals surface area contributed by atoms with Crippen LogP contribution in [-0.2, 0) is 4.79 Å². The molecule has 1 heterocycles. The Kier molecular flexibility index (Phi) is 3.63. The first-order chi connectivity index (χ1) is 6.61. The molecule has 0 spiro atoms. The molecule has 1 amide bonds. The van der Waals surface area contributed by atoms with Gasteiger partial charge in [-0.3, -0.25) is 9.69 Å². The summed E-state index contributed by atoms with van der Waals surface area (Å²) < 4.78 is 0. The molecule has 1 saturated heterocycles. The van der Waals surface area contributed by atoms with E-state index in [0.29, 0.717) is 17.6 Å². The Balaban J connectivity index is 2.73. The molecule has 0 saturated carbocycles. The van der Waals surface area contributed by atoms with Crippen LogP contribution in [0.5, 0.6) is 0 Å². The van der Waals surface area contributed by atoms with Gasteiger partial charge in [0, 0.05) is 6.54 Å². The Hall–Kier alpha value is -0.900. The Morgan fingerprint density at radius 1 is 1.79 bits per heavy atom. The van der Waals surface area contributed by atoms with Crippen molar-refractivity contribution in [3.05, 3.63) is 12.7 Å². The molecule has 0 bridgehead atoms. The smallest absolute Gasteiger partial charge is 0.251 e. The summed E-state index contributed by atoms with van der Waals surface area (Å²) in [5, 5.41) is 3.58. The van der Waals surface area contributed by atoms with E-state index in [1.54, 1.807) is 11.0 Å². The number of nitrogens with one attached hydrogen (secondary N) is 1. The van der Waals surface area contributed by atoms with Crippen LogP contribution < -0.4 is 5.32 Å². The van der Waals surface area contributed by atoms with Crippen LogP contribution in [0.1, 0.15) is 20.3 Å². The predicted molar refractivity (Wildman–Crippen MR) is 60.9 cm³/mol. The first-order valence-electron chi connectivity index (χ1n) is 4.84. The molecule has 2 atom stereocenters. The van der Waals surface area contributed by atoms with Gasteiger partial charge in [-0.05, 0) is 18.1 Å². The summed E-state index contributed by atoms with van der Waals surface area (Å²) in [7, 11) is 0. The van der Waals surface area contributed by atoms with Crippen LogP contribution >= 0.6 is 12.2 Å². The summed E-state index contributed by atoms with van der Waals surface area (Å²) in [6.07, 6.45) is 2.65. The summed E-state index contributed by atoms with van der Waals surface area (Å²) in [4.78, 5) is 13.4. The molecule has 1 aliphatic heterocycles. The molecule has 3 nitrogen and oxygen atoms in total. The highest BCUT2D eigenvalue weighted by atomic mass is 32.1. The quantitative estimate of drug-likeness (QED) is 0.563. The van der Waals surface area contributed by atoms with E-state index in [-0.39, 0.29) is 11.9 Å². The van der Waals surface area contributed by atoms with E-state index in [4.69, 9.17) is 12.2 Å². The fourth-order valence-electron chi connectivity index (χ4n) is 1.46. The maximum absolute atomic E-state index is 11.8. The zero-order chi connectivity index (χ0) is 10.7. The molecule has 1 fully saturated rings. The van der Waals surface area contributed by atoms with Crippen LogP contribution in [0, 0.1) is 5.92 Å². The second-order valence-electron chi connectivity index (χ2n) is 3.55. The van der Waals surface area contributed by atoms with Crippen molar-refractivity contribution in [1.29, 1.82) is 0 Å². The summed E-state index contributed by atoms with van der Waals surface area (Å²) in [6.45, 7) is 8.22. The van der Waals surface area contributed by atoms with Gasteiger partial charge in [-0.2, -0.15) is 0 Å². The second-order valence-corrected chi connectivity index (χ2v) is 3.94. The predicted octanol–water partition coefficient (Wildman–Crippen LogP) is 1.30. The highest BCUT2D eigenvalue weighted by Crippen LogP contribution is 2.16. The first-order valence-corrected chi connectivity index (χ1v) is 5.25. The highest BCUT2D eigenvalue weighted by molar-refractivity contribution is 7.80. The molecular formula is C10H16N2OS. The number of amides is 1. The SMILES string of the molecule is C=CCN1C(=O)[C@H]([C@H](C)CC)NC1=S. The van der Waals surface area contributed by atoms with E-state index < -0.39 is 0 Å². The summed E-state index contributed by atoms with van der Waals surface area (Å²) in [6, 6.07) is -0.146. The van der Waals surface area contributed by atoms with E-state index in [0.717, 1.165) is 6.42 Å². The molecule has 1 aliphatic rings. The lowest BCUT2D eigenvalue weighted by Crippen LogP contribution is -2.35. The normalized spacial score (nSPS) is 23.6.